The molecule has 0 saturated carbocycles. The number of carbonyl (C=O) groups is 1. The summed E-state index contributed by atoms with van der Waals surface area (Å²) >= 11 is 0. The van der Waals surface area contributed by atoms with Gasteiger partial charge in [-0.05, 0) is 35.2 Å². The third-order valence-electron chi connectivity index (χ3n) is 5.64. The fourth-order valence-electron chi connectivity index (χ4n) is 4.20. The third-order valence-corrected chi connectivity index (χ3v) is 5.64. The van der Waals surface area contributed by atoms with Crippen LogP contribution >= 0.6 is 0 Å². The molecule has 2 N–H and O–H groups in total. The number of nitrogens with zero attached hydrogens (tertiary/aromatic N) is 1. The Hall–Kier alpha value is -2.53. The lowest BCUT2D eigenvalue weighted by molar-refractivity contribution is 0.0711. The van der Waals surface area contributed by atoms with Crippen molar-refractivity contribution in [3.8, 4) is 16.9 Å². The maximum Gasteiger partial charge on any atom is 0.317 e. The smallest absolute Gasteiger partial charge is 0.317 e. The molecule has 1 unspecified atom stereocenters. The summed E-state index contributed by atoms with van der Waals surface area (Å²) in [5.74, 6) is 1.36. The van der Waals surface area contributed by atoms with Crippen LogP contribution < -0.4 is 15.4 Å². The van der Waals surface area contributed by atoms with Crippen molar-refractivity contribution in [3.05, 3.63) is 54.1 Å². The quantitative estimate of drug-likeness (QED) is 0.855. The van der Waals surface area contributed by atoms with Crippen LogP contribution in [0.25, 0.3) is 11.1 Å². The number of ether oxygens (including phenoxy) is 1. The Morgan fingerprint density at radius 3 is 2.56 bits per heavy atom. The summed E-state index contributed by atoms with van der Waals surface area (Å²) in [6.07, 6.45) is 0.965. The zero-order valence-electron chi connectivity index (χ0n) is 15.9. The van der Waals surface area contributed by atoms with Crippen LogP contribution in [0.15, 0.2) is 48.5 Å². The zero-order chi connectivity index (χ0) is 18.8. The summed E-state index contributed by atoms with van der Waals surface area (Å²) in [6, 6.07) is 17.7. The SMILES string of the molecule is CCCNC(=O)N1C[C@@H]2N[C@H](C1)C2c1ccc(-c2cccc(OC)c2)cc1. The minimum Gasteiger partial charge on any atom is -0.497 e. The predicted octanol–water partition coefficient (Wildman–Crippen LogP) is 3.22. The van der Waals surface area contributed by atoms with E-state index in [1.165, 1.54) is 11.1 Å². The Balaban J connectivity index is 1.43. The molecule has 0 spiro atoms. The molecule has 5 heteroatoms. The number of piperazine rings is 1. The van der Waals surface area contributed by atoms with Crippen molar-refractivity contribution >= 4 is 6.03 Å². The zero-order valence-corrected chi connectivity index (χ0v) is 15.9. The molecule has 27 heavy (non-hydrogen) atoms. The molecule has 2 amide bonds. The number of hydrogen-bond donors (Lipinski definition) is 2. The average Bonchev–Trinajstić information content (AvgIpc) is 2.72. The number of piperidine rings is 1. The van der Waals surface area contributed by atoms with Crippen LogP contribution in [-0.4, -0.2) is 49.8 Å². The van der Waals surface area contributed by atoms with Crippen LogP contribution in [0.1, 0.15) is 24.8 Å². The van der Waals surface area contributed by atoms with Gasteiger partial charge in [0.05, 0.1) is 7.11 Å². The highest BCUT2D eigenvalue weighted by molar-refractivity contribution is 5.74. The van der Waals surface area contributed by atoms with Gasteiger partial charge >= 0.3 is 6.03 Å². The molecule has 3 fully saturated rings. The number of urea groups is 1. The van der Waals surface area contributed by atoms with Crippen molar-refractivity contribution in [1.82, 2.24) is 15.5 Å². The van der Waals surface area contributed by atoms with E-state index in [1.807, 2.05) is 17.0 Å². The van der Waals surface area contributed by atoms with E-state index >= 15 is 0 Å². The summed E-state index contributed by atoms with van der Waals surface area (Å²) < 4.78 is 5.32. The minimum absolute atomic E-state index is 0.0696. The fraction of sp³-hybridized carbons (Fsp3) is 0.409. The standard InChI is InChI=1S/C22H27N3O2/c1-3-11-23-22(26)25-13-19-21(20(14-25)24-19)16-9-7-15(8-10-16)17-5-4-6-18(12-17)27-2/h4-10,12,19-21,24H,3,11,13-14H2,1-2H3,(H,23,26)/t19-,20+,21?. The number of rotatable bonds is 5. The Morgan fingerprint density at radius 2 is 1.89 bits per heavy atom. The Morgan fingerprint density at radius 1 is 1.15 bits per heavy atom. The van der Waals surface area contributed by atoms with Crippen LogP contribution in [0.3, 0.4) is 0 Å². The number of benzene rings is 2. The van der Waals surface area contributed by atoms with Gasteiger partial charge < -0.3 is 20.3 Å². The molecule has 2 aromatic carbocycles. The van der Waals surface area contributed by atoms with E-state index in [-0.39, 0.29) is 6.03 Å². The van der Waals surface area contributed by atoms with Crippen LogP contribution in [0.2, 0.25) is 0 Å². The second-order valence-corrected chi connectivity index (χ2v) is 7.40. The number of carbonyl (C=O) groups excluding carboxylic acids is 1. The van der Waals surface area contributed by atoms with Crippen molar-refractivity contribution in [3.63, 3.8) is 0 Å². The van der Waals surface area contributed by atoms with Gasteiger partial charge in [-0.2, -0.15) is 0 Å². The molecular weight excluding hydrogens is 338 g/mol. The number of fused-ring (bicyclic) bond motifs is 2. The van der Waals surface area contributed by atoms with Gasteiger partial charge in [0.1, 0.15) is 5.75 Å². The number of hydrogen-bond acceptors (Lipinski definition) is 3. The van der Waals surface area contributed by atoms with E-state index in [4.69, 9.17) is 4.74 Å². The molecule has 0 aliphatic carbocycles. The Kier molecular flexibility index (Phi) is 5.03. The molecular formula is C22H27N3O2. The molecule has 2 bridgehead atoms. The molecule has 3 heterocycles. The second-order valence-electron chi connectivity index (χ2n) is 7.40. The van der Waals surface area contributed by atoms with Gasteiger partial charge in [0.2, 0.25) is 0 Å². The van der Waals surface area contributed by atoms with E-state index in [1.54, 1.807) is 7.11 Å². The van der Waals surface area contributed by atoms with Crippen molar-refractivity contribution in [2.24, 2.45) is 0 Å². The van der Waals surface area contributed by atoms with Gasteiger partial charge in [-0.15, -0.1) is 0 Å². The fourth-order valence-corrected chi connectivity index (χ4v) is 4.20. The first-order valence-corrected chi connectivity index (χ1v) is 9.73. The lowest BCUT2D eigenvalue weighted by Gasteiger charge is -2.54. The Labute approximate surface area is 160 Å². The van der Waals surface area contributed by atoms with E-state index in [0.717, 1.165) is 37.4 Å². The van der Waals surface area contributed by atoms with Crippen molar-refractivity contribution in [2.75, 3.05) is 26.7 Å². The average molecular weight is 365 g/mol. The van der Waals surface area contributed by atoms with Crippen molar-refractivity contribution < 1.29 is 9.53 Å². The van der Waals surface area contributed by atoms with E-state index in [2.05, 4.69) is 54.0 Å². The third kappa shape index (κ3) is 3.52. The van der Waals surface area contributed by atoms with Gasteiger partial charge in [-0.3, -0.25) is 0 Å². The molecule has 5 rings (SSSR count). The van der Waals surface area contributed by atoms with Crippen LogP contribution in [0.5, 0.6) is 5.75 Å². The molecule has 2 aromatic rings. The molecule has 0 aromatic heterocycles. The first-order chi connectivity index (χ1) is 13.2. The van der Waals surface area contributed by atoms with E-state index in [9.17, 15) is 4.79 Å². The van der Waals surface area contributed by atoms with Crippen molar-refractivity contribution in [2.45, 2.75) is 31.3 Å². The summed E-state index contributed by atoms with van der Waals surface area (Å²) in [4.78, 5) is 14.1. The summed E-state index contributed by atoms with van der Waals surface area (Å²) in [7, 11) is 1.69. The van der Waals surface area contributed by atoms with Gasteiger partial charge in [0.15, 0.2) is 0 Å². The highest BCUT2D eigenvalue weighted by Crippen LogP contribution is 2.37. The lowest BCUT2D eigenvalue weighted by Crippen LogP contribution is -2.73. The van der Waals surface area contributed by atoms with Crippen molar-refractivity contribution in [1.29, 1.82) is 0 Å². The van der Waals surface area contributed by atoms with Crippen LogP contribution in [-0.2, 0) is 0 Å². The summed E-state index contributed by atoms with van der Waals surface area (Å²) in [5, 5.41) is 6.57. The maximum absolute atomic E-state index is 12.2. The van der Waals surface area contributed by atoms with Gasteiger partial charge in [0, 0.05) is 37.6 Å². The highest BCUT2D eigenvalue weighted by Gasteiger charge is 2.47. The second kappa shape index (κ2) is 7.61. The number of amides is 2. The molecule has 3 atom stereocenters. The highest BCUT2D eigenvalue weighted by atomic mass is 16.5. The maximum atomic E-state index is 12.2. The topological polar surface area (TPSA) is 53.6 Å². The van der Waals surface area contributed by atoms with Crippen LogP contribution in [0, 0.1) is 0 Å². The predicted molar refractivity (Wildman–Crippen MR) is 107 cm³/mol. The summed E-state index contributed by atoms with van der Waals surface area (Å²) in [6.45, 7) is 4.36. The van der Waals surface area contributed by atoms with Gasteiger partial charge in [0.25, 0.3) is 0 Å². The van der Waals surface area contributed by atoms with E-state index < -0.39 is 0 Å². The molecule has 0 radical (unpaired) electrons. The normalized spacial score (nSPS) is 23.5. The van der Waals surface area contributed by atoms with Crippen LogP contribution in [0.4, 0.5) is 4.79 Å². The summed E-state index contributed by atoms with van der Waals surface area (Å²) in [5.41, 5.74) is 3.70. The van der Waals surface area contributed by atoms with Gasteiger partial charge in [-0.25, -0.2) is 4.79 Å². The first-order valence-electron chi connectivity index (χ1n) is 9.73. The number of nitrogens with one attached hydrogen (secondary N) is 2. The Bertz CT molecular complexity index is 793. The molecule has 3 saturated heterocycles. The monoisotopic (exact) mass is 365 g/mol. The van der Waals surface area contributed by atoms with Gasteiger partial charge in [-0.1, -0.05) is 43.3 Å². The van der Waals surface area contributed by atoms with E-state index in [0.29, 0.717) is 18.0 Å². The lowest BCUT2D eigenvalue weighted by atomic mass is 9.74. The molecule has 3 aliphatic heterocycles. The minimum atomic E-state index is 0.0696. The first kappa shape index (κ1) is 17.9. The molecule has 142 valence electrons. The molecule has 5 nitrogen and oxygen atoms in total. The largest absolute Gasteiger partial charge is 0.497 e. The number of methoxy groups -OCH3 is 1. The molecule has 3 aliphatic rings.